The van der Waals surface area contributed by atoms with E-state index in [1.807, 2.05) is 18.2 Å². The van der Waals surface area contributed by atoms with Gasteiger partial charge in [-0.15, -0.1) is 0 Å². The van der Waals surface area contributed by atoms with Crippen molar-refractivity contribution in [3.8, 4) is 0 Å². The van der Waals surface area contributed by atoms with Gasteiger partial charge in [0.05, 0.1) is 6.61 Å². The zero-order valence-electron chi connectivity index (χ0n) is 6.81. The molecule has 0 amide bonds. The van der Waals surface area contributed by atoms with E-state index in [0.29, 0.717) is 6.61 Å². The lowest BCUT2D eigenvalue weighted by Gasteiger charge is -2.03. The van der Waals surface area contributed by atoms with Gasteiger partial charge < -0.3 is 4.74 Å². The number of benzene rings is 1. The molecule has 1 aromatic carbocycles. The Hall–Kier alpha value is -0.0500. The van der Waals surface area contributed by atoms with E-state index in [1.54, 1.807) is 7.11 Å². The van der Waals surface area contributed by atoms with Crippen molar-refractivity contribution in [2.75, 3.05) is 7.11 Å². The van der Waals surface area contributed by atoms with Gasteiger partial charge in [0.2, 0.25) is 0 Å². The zero-order chi connectivity index (χ0) is 8.97. The third-order valence-electron chi connectivity index (χ3n) is 1.57. The van der Waals surface area contributed by atoms with Crippen molar-refractivity contribution in [2.24, 2.45) is 0 Å². The van der Waals surface area contributed by atoms with Crippen molar-refractivity contribution in [2.45, 2.75) is 11.9 Å². The molecule has 0 fully saturated rings. The van der Waals surface area contributed by atoms with E-state index >= 15 is 0 Å². The Morgan fingerprint density at radius 2 is 2.25 bits per heavy atom. The predicted molar refractivity (Wildman–Crippen MR) is 54.8 cm³/mol. The number of hydrogen-bond donors (Lipinski definition) is 0. The van der Waals surface area contributed by atoms with Crippen LogP contribution in [-0.4, -0.2) is 7.11 Å². The van der Waals surface area contributed by atoms with Gasteiger partial charge in [-0.1, -0.05) is 39.7 Å². The fourth-order valence-corrected chi connectivity index (χ4v) is 1.88. The highest BCUT2D eigenvalue weighted by Crippen LogP contribution is 2.20. The third kappa shape index (κ3) is 2.47. The summed E-state index contributed by atoms with van der Waals surface area (Å²) in [5.74, 6) is 0. The number of rotatable bonds is 3. The second-order valence-electron chi connectivity index (χ2n) is 2.49. The molecule has 0 radical (unpaired) electrons. The van der Waals surface area contributed by atoms with Crippen molar-refractivity contribution in [1.29, 1.82) is 0 Å². The number of halogens is 2. The SMILES string of the molecule is COCc1ccc(CBr)c(Cl)c1. The van der Waals surface area contributed by atoms with E-state index in [9.17, 15) is 0 Å². The molecule has 0 saturated carbocycles. The van der Waals surface area contributed by atoms with Crippen LogP contribution in [0, 0.1) is 0 Å². The molecule has 3 heteroatoms. The lowest BCUT2D eigenvalue weighted by molar-refractivity contribution is 0.185. The summed E-state index contributed by atoms with van der Waals surface area (Å²) in [6.07, 6.45) is 0. The fourth-order valence-electron chi connectivity index (χ4n) is 0.956. The quantitative estimate of drug-likeness (QED) is 0.746. The topological polar surface area (TPSA) is 9.23 Å². The second kappa shape index (κ2) is 4.85. The van der Waals surface area contributed by atoms with E-state index in [-0.39, 0.29) is 0 Å². The number of methoxy groups -OCH3 is 1. The summed E-state index contributed by atoms with van der Waals surface area (Å²) in [5.41, 5.74) is 2.21. The van der Waals surface area contributed by atoms with Crippen LogP contribution in [0.3, 0.4) is 0 Å². The summed E-state index contributed by atoms with van der Waals surface area (Å²) in [7, 11) is 1.67. The summed E-state index contributed by atoms with van der Waals surface area (Å²) in [6.45, 7) is 0.613. The predicted octanol–water partition coefficient (Wildman–Crippen LogP) is 3.38. The second-order valence-corrected chi connectivity index (χ2v) is 3.46. The van der Waals surface area contributed by atoms with Crippen LogP contribution in [0.4, 0.5) is 0 Å². The van der Waals surface area contributed by atoms with Crippen LogP contribution in [0.2, 0.25) is 5.02 Å². The number of ether oxygens (including phenoxy) is 1. The maximum Gasteiger partial charge on any atom is 0.0713 e. The first-order chi connectivity index (χ1) is 5.77. The summed E-state index contributed by atoms with van der Waals surface area (Å²) >= 11 is 9.34. The minimum atomic E-state index is 0.613. The molecule has 0 N–H and O–H groups in total. The van der Waals surface area contributed by atoms with Crippen LogP contribution in [0.25, 0.3) is 0 Å². The van der Waals surface area contributed by atoms with E-state index in [1.165, 1.54) is 0 Å². The molecule has 0 unspecified atom stereocenters. The van der Waals surface area contributed by atoms with Crippen LogP contribution in [0.1, 0.15) is 11.1 Å². The summed E-state index contributed by atoms with van der Waals surface area (Å²) < 4.78 is 4.99. The molecule has 1 aromatic rings. The average Bonchev–Trinajstić information content (AvgIpc) is 2.05. The van der Waals surface area contributed by atoms with Crippen molar-refractivity contribution in [3.05, 3.63) is 34.3 Å². The Morgan fingerprint density at radius 3 is 2.75 bits per heavy atom. The summed E-state index contributed by atoms with van der Waals surface area (Å²) in [5, 5.41) is 1.58. The Labute approximate surface area is 85.8 Å². The van der Waals surface area contributed by atoms with E-state index in [2.05, 4.69) is 15.9 Å². The smallest absolute Gasteiger partial charge is 0.0713 e. The van der Waals surface area contributed by atoms with Crippen LogP contribution in [0.15, 0.2) is 18.2 Å². The first kappa shape index (κ1) is 10.0. The molecule has 12 heavy (non-hydrogen) atoms. The summed E-state index contributed by atoms with van der Waals surface area (Å²) in [4.78, 5) is 0. The monoisotopic (exact) mass is 248 g/mol. The zero-order valence-corrected chi connectivity index (χ0v) is 9.15. The molecule has 0 atom stereocenters. The van der Waals surface area contributed by atoms with E-state index in [4.69, 9.17) is 16.3 Å². The number of alkyl halides is 1. The molecule has 1 nitrogen and oxygen atoms in total. The van der Waals surface area contributed by atoms with Gasteiger partial charge in [0, 0.05) is 17.5 Å². The van der Waals surface area contributed by atoms with Gasteiger partial charge in [0.1, 0.15) is 0 Å². The van der Waals surface area contributed by atoms with Gasteiger partial charge in [-0.25, -0.2) is 0 Å². The van der Waals surface area contributed by atoms with Crippen molar-refractivity contribution < 1.29 is 4.74 Å². The van der Waals surface area contributed by atoms with E-state index < -0.39 is 0 Å². The minimum Gasteiger partial charge on any atom is -0.380 e. The van der Waals surface area contributed by atoms with Gasteiger partial charge in [0.15, 0.2) is 0 Å². The molecule has 0 aliphatic rings. The Bertz CT molecular complexity index is 263. The largest absolute Gasteiger partial charge is 0.380 e. The molecule has 66 valence electrons. The first-order valence-corrected chi connectivity index (χ1v) is 5.10. The van der Waals surface area contributed by atoms with Gasteiger partial charge >= 0.3 is 0 Å². The third-order valence-corrected chi connectivity index (χ3v) is 2.53. The van der Waals surface area contributed by atoms with Crippen LogP contribution >= 0.6 is 27.5 Å². The van der Waals surface area contributed by atoms with Gasteiger partial charge in [0.25, 0.3) is 0 Å². The van der Waals surface area contributed by atoms with Gasteiger partial charge in [-0.2, -0.15) is 0 Å². The van der Waals surface area contributed by atoms with Crippen molar-refractivity contribution >= 4 is 27.5 Å². The molecular formula is C9H10BrClO. The molecule has 0 aliphatic carbocycles. The highest BCUT2D eigenvalue weighted by Gasteiger charge is 1.99. The molecule has 0 spiro atoms. The lowest BCUT2D eigenvalue weighted by atomic mass is 10.2. The highest BCUT2D eigenvalue weighted by atomic mass is 79.9. The maximum atomic E-state index is 5.98. The number of hydrogen-bond acceptors (Lipinski definition) is 1. The fraction of sp³-hybridized carbons (Fsp3) is 0.333. The molecule has 0 aromatic heterocycles. The molecule has 0 aliphatic heterocycles. The van der Waals surface area contributed by atoms with Crippen molar-refractivity contribution in [1.82, 2.24) is 0 Å². The first-order valence-electron chi connectivity index (χ1n) is 3.60. The lowest BCUT2D eigenvalue weighted by Crippen LogP contribution is -1.88. The van der Waals surface area contributed by atoms with Crippen LogP contribution in [-0.2, 0) is 16.7 Å². The van der Waals surface area contributed by atoms with Crippen molar-refractivity contribution in [3.63, 3.8) is 0 Å². The Morgan fingerprint density at radius 1 is 1.50 bits per heavy atom. The maximum absolute atomic E-state index is 5.98. The van der Waals surface area contributed by atoms with Crippen LogP contribution < -0.4 is 0 Å². The molecular weight excluding hydrogens is 239 g/mol. The summed E-state index contributed by atoms with van der Waals surface area (Å²) in [6, 6.07) is 5.96. The van der Waals surface area contributed by atoms with E-state index in [0.717, 1.165) is 21.5 Å². The Kier molecular flexibility index (Phi) is 4.06. The molecule has 0 heterocycles. The Balaban J connectivity index is 2.86. The van der Waals surface area contributed by atoms with Crippen LogP contribution in [0.5, 0.6) is 0 Å². The highest BCUT2D eigenvalue weighted by molar-refractivity contribution is 9.08. The minimum absolute atomic E-state index is 0.613. The molecule has 0 saturated heterocycles. The van der Waals surface area contributed by atoms with Gasteiger partial charge in [-0.3, -0.25) is 0 Å². The molecule has 0 bridgehead atoms. The normalized spacial score (nSPS) is 10.2. The standard InChI is InChI=1S/C9H10BrClO/c1-12-6-7-2-3-8(5-10)9(11)4-7/h2-4H,5-6H2,1H3. The molecule has 1 rings (SSSR count). The average molecular weight is 250 g/mol. The van der Waals surface area contributed by atoms with Gasteiger partial charge in [-0.05, 0) is 17.2 Å².